The largest absolute Gasteiger partial charge is 0.477 e. The van der Waals surface area contributed by atoms with Crippen LogP contribution < -0.4 is 5.32 Å². The number of benzene rings is 1. The lowest BCUT2D eigenvalue weighted by Crippen LogP contribution is -2.15. The molecule has 2 aromatic rings. The number of aromatic carboxylic acids is 1. The minimum Gasteiger partial charge on any atom is -0.477 e. The Morgan fingerprint density at radius 2 is 1.87 bits per heavy atom. The molecule has 0 saturated heterocycles. The van der Waals surface area contributed by atoms with Gasteiger partial charge >= 0.3 is 5.97 Å². The lowest BCUT2D eigenvalue weighted by molar-refractivity contribution is 0.0695. The van der Waals surface area contributed by atoms with Crippen molar-refractivity contribution in [2.45, 2.75) is 26.7 Å². The number of anilines is 1. The van der Waals surface area contributed by atoms with Crippen LogP contribution in [0.25, 0.3) is 11.4 Å². The number of aromatic nitrogens is 2. The van der Waals surface area contributed by atoms with Crippen LogP contribution in [0.15, 0.2) is 24.3 Å². The molecule has 1 heterocycles. The molecule has 124 valence electrons. The van der Waals surface area contributed by atoms with E-state index in [1.807, 2.05) is 32.9 Å². The van der Waals surface area contributed by atoms with Crippen molar-refractivity contribution in [2.24, 2.45) is 0 Å². The van der Waals surface area contributed by atoms with E-state index >= 15 is 0 Å². The summed E-state index contributed by atoms with van der Waals surface area (Å²) in [6.45, 7) is 6.30. The van der Waals surface area contributed by atoms with Crippen molar-refractivity contribution in [3.63, 3.8) is 0 Å². The van der Waals surface area contributed by atoms with Gasteiger partial charge in [0, 0.05) is 17.1 Å². The summed E-state index contributed by atoms with van der Waals surface area (Å²) in [5.41, 5.74) is 1.44. The molecule has 0 aliphatic rings. The lowest BCUT2D eigenvalue weighted by atomic mass is 10.0. The zero-order valence-electron chi connectivity index (χ0n) is 13.1. The summed E-state index contributed by atoms with van der Waals surface area (Å²) in [4.78, 5) is 20.4. The van der Waals surface area contributed by atoms with E-state index in [4.69, 9.17) is 11.6 Å². The molecule has 0 amide bonds. The molecule has 0 saturated carbocycles. The molecule has 0 spiro atoms. The monoisotopic (exact) mass is 355 g/mol. The smallest absolute Gasteiger partial charge is 0.341 e. The lowest BCUT2D eigenvalue weighted by Gasteiger charge is -2.15. The number of hydrogen-bond donors (Lipinski definition) is 2. The highest BCUT2D eigenvalue weighted by atomic mass is 35.5. The second kappa shape index (κ2) is 8.13. The number of rotatable bonds is 5. The fourth-order valence-corrected chi connectivity index (χ4v) is 2.26. The number of carboxylic acid groups (broad SMARTS) is 1. The standard InChI is InChI=1S/C16H18ClN3O2.ClH/c1-4-18-15-12(16(21)22)13(9(2)3)19-14(20-15)10-5-7-11(17)8-6-10;/h5-9H,4H2,1-3H3,(H,21,22)(H,18,19,20);1H. The molecule has 0 atom stereocenters. The Morgan fingerprint density at radius 3 is 2.35 bits per heavy atom. The van der Waals surface area contributed by atoms with Gasteiger partial charge < -0.3 is 10.4 Å². The van der Waals surface area contributed by atoms with Gasteiger partial charge in [0.2, 0.25) is 0 Å². The minimum atomic E-state index is -1.03. The van der Waals surface area contributed by atoms with Gasteiger partial charge in [0.15, 0.2) is 5.82 Å². The predicted molar refractivity (Wildman–Crippen MR) is 94.9 cm³/mol. The van der Waals surface area contributed by atoms with E-state index in [1.165, 1.54) is 0 Å². The Hall–Kier alpha value is -1.85. The van der Waals surface area contributed by atoms with Crippen LogP contribution in [0.5, 0.6) is 0 Å². The third-order valence-electron chi connectivity index (χ3n) is 3.14. The molecule has 7 heteroatoms. The molecule has 1 aromatic heterocycles. The highest BCUT2D eigenvalue weighted by Crippen LogP contribution is 2.27. The maximum absolute atomic E-state index is 11.6. The number of carboxylic acids is 1. The highest BCUT2D eigenvalue weighted by molar-refractivity contribution is 6.30. The van der Waals surface area contributed by atoms with E-state index in [-0.39, 0.29) is 23.9 Å². The molecule has 0 aliphatic carbocycles. The normalized spacial score (nSPS) is 10.3. The molecule has 2 N–H and O–H groups in total. The van der Waals surface area contributed by atoms with E-state index in [1.54, 1.807) is 12.1 Å². The molecule has 0 aliphatic heterocycles. The zero-order chi connectivity index (χ0) is 16.3. The minimum absolute atomic E-state index is 0. The van der Waals surface area contributed by atoms with Crippen LogP contribution in [0, 0.1) is 0 Å². The van der Waals surface area contributed by atoms with Crippen molar-refractivity contribution in [3.8, 4) is 11.4 Å². The number of carbonyl (C=O) groups is 1. The summed E-state index contributed by atoms with van der Waals surface area (Å²) in [5, 5.41) is 13.1. The Bertz CT molecular complexity index is 688. The first kappa shape index (κ1) is 19.2. The van der Waals surface area contributed by atoms with Crippen LogP contribution in [0.1, 0.15) is 42.7 Å². The molecule has 1 aromatic carbocycles. The van der Waals surface area contributed by atoms with Crippen LogP contribution >= 0.6 is 24.0 Å². The van der Waals surface area contributed by atoms with E-state index in [2.05, 4.69) is 15.3 Å². The molecular weight excluding hydrogens is 337 g/mol. The first-order chi connectivity index (χ1) is 10.4. The summed E-state index contributed by atoms with van der Waals surface area (Å²) in [5.74, 6) is -0.222. The third-order valence-corrected chi connectivity index (χ3v) is 3.40. The van der Waals surface area contributed by atoms with Gasteiger partial charge in [0.25, 0.3) is 0 Å². The van der Waals surface area contributed by atoms with Crippen molar-refractivity contribution in [3.05, 3.63) is 40.5 Å². The molecule has 0 bridgehead atoms. The number of halogens is 2. The summed E-state index contributed by atoms with van der Waals surface area (Å²) >= 11 is 5.90. The van der Waals surface area contributed by atoms with Gasteiger partial charge in [-0.3, -0.25) is 0 Å². The summed E-state index contributed by atoms with van der Waals surface area (Å²) in [6.07, 6.45) is 0. The van der Waals surface area contributed by atoms with Gasteiger partial charge in [-0.2, -0.15) is 0 Å². The van der Waals surface area contributed by atoms with Gasteiger partial charge in [0.05, 0.1) is 5.69 Å². The average molecular weight is 356 g/mol. The molecule has 2 rings (SSSR count). The molecule has 0 radical (unpaired) electrons. The van der Waals surface area contributed by atoms with Crippen molar-refractivity contribution in [1.82, 2.24) is 9.97 Å². The van der Waals surface area contributed by atoms with Crippen LogP contribution in [0.4, 0.5) is 5.82 Å². The van der Waals surface area contributed by atoms with Crippen LogP contribution in [0.3, 0.4) is 0 Å². The second-order valence-electron chi connectivity index (χ2n) is 5.15. The maximum Gasteiger partial charge on any atom is 0.341 e. The quantitative estimate of drug-likeness (QED) is 0.827. The highest BCUT2D eigenvalue weighted by Gasteiger charge is 2.22. The van der Waals surface area contributed by atoms with E-state index in [0.29, 0.717) is 28.9 Å². The molecule has 0 unspecified atom stereocenters. The van der Waals surface area contributed by atoms with Crippen molar-refractivity contribution in [2.75, 3.05) is 11.9 Å². The Morgan fingerprint density at radius 1 is 1.26 bits per heavy atom. The Balaban J connectivity index is 0.00000264. The number of nitrogens with zero attached hydrogens (tertiary/aromatic N) is 2. The second-order valence-corrected chi connectivity index (χ2v) is 5.59. The van der Waals surface area contributed by atoms with Crippen molar-refractivity contribution >= 4 is 35.8 Å². The average Bonchev–Trinajstić information content (AvgIpc) is 2.47. The topological polar surface area (TPSA) is 75.1 Å². The van der Waals surface area contributed by atoms with Gasteiger partial charge in [-0.1, -0.05) is 25.4 Å². The number of hydrogen-bond acceptors (Lipinski definition) is 4. The van der Waals surface area contributed by atoms with Crippen molar-refractivity contribution in [1.29, 1.82) is 0 Å². The molecular formula is C16H19Cl2N3O2. The maximum atomic E-state index is 11.6. The Kier molecular flexibility index (Phi) is 6.79. The van der Waals surface area contributed by atoms with E-state index in [0.717, 1.165) is 5.56 Å². The van der Waals surface area contributed by atoms with Gasteiger partial charge in [-0.15, -0.1) is 12.4 Å². The van der Waals surface area contributed by atoms with Crippen molar-refractivity contribution < 1.29 is 9.90 Å². The first-order valence-electron chi connectivity index (χ1n) is 7.09. The molecule has 5 nitrogen and oxygen atoms in total. The van der Waals surface area contributed by atoms with Gasteiger partial charge in [-0.05, 0) is 37.1 Å². The summed E-state index contributed by atoms with van der Waals surface area (Å²) < 4.78 is 0. The van der Waals surface area contributed by atoms with Crippen LogP contribution in [-0.4, -0.2) is 27.6 Å². The van der Waals surface area contributed by atoms with Crippen LogP contribution in [0.2, 0.25) is 5.02 Å². The Labute approximate surface area is 146 Å². The molecule has 23 heavy (non-hydrogen) atoms. The fraction of sp³-hybridized carbons (Fsp3) is 0.312. The van der Waals surface area contributed by atoms with E-state index < -0.39 is 5.97 Å². The molecule has 0 fully saturated rings. The zero-order valence-corrected chi connectivity index (χ0v) is 14.7. The summed E-state index contributed by atoms with van der Waals surface area (Å²) in [6, 6.07) is 7.15. The first-order valence-corrected chi connectivity index (χ1v) is 7.46. The van der Waals surface area contributed by atoms with Gasteiger partial charge in [0.1, 0.15) is 11.4 Å². The fourth-order valence-electron chi connectivity index (χ4n) is 2.13. The van der Waals surface area contributed by atoms with Crippen LogP contribution in [-0.2, 0) is 0 Å². The summed E-state index contributed by atoms with van der Waals surface area (Å²) in [7, 11) is 0. The predicted octanol–water partition coefficient (Wildman–Crippen LogP) is 4.47. The number of nitrogens with one attached hydrogen (secondary N) is 1. The SMILES string of the molecule is CCNc1nc(-c2ccc(Cl)cc2)nc(C(C)C)c1C(=O)O.Cl. The third kappa shape index (κ3) is 4.33. The van der Waals surface area contributed by atoms with Gasteiger partial charge in [-0.25, -0.2) is 14.8 Å². The van der Waals surface area contributed by atoms with E-state index in [9.17, 15) is 9.90 Å².